The van der Waals surface area contributed by atoms with Gasteiger partial charge in [0.2, 0.25) is 0 Å². The van der Waals surface area contributed by atoms with E-state index in [0.29, 0.717) is 0 Å². The van der Waals surface area contributed by atoms with Gasteiger partial charge in [0.1, 0.15) is 0 Å². The standard InChI is InChI=1S/C8H10OS.ClH/c1-10(2)8-5-3-7(9)4-6-8;/h3-6H,1-2H3;1H. The van der Waals surface area contributed by atoms with Crippen molar-refractivity contribution >= 4 is 33.5 Å². The Hall–Kier alpha value is -0.340. The van der Waals surface area contributed by atoms with E-state index in [2.05, 4.69) is 12.5 Å². The maximum atomic E-state index is 10.6. The fraction of sp³-hybridized carbons (Fsp3) is 0.250. The first-order valence-corrected chi connectivity index (χ1v) is 5.09. The van der Waals surface area contributed by atoms with Crippen molar-refractivity contribution < 1.29 is 4.79 Å². The van der Waals surface area contributed by atoms with E-state index in [1.54, 1.807) is 12.2 Å². The van der Waals surface area contributed by atoms with Crippen LogP contribution in [-0.4, -0.2) is 23.2 Å². The summed E-state index contributed by atoms with van der Waals surface area (Å²) >= 11 is 0. The Balaban J connectivity index is 0.000001000. The predicted molar refractivity (Wildman–Crippen MR) is 55.0 cm³/mol. The molecule has 0 radical (unpaired) electrons. The van der Waals surface area contributed by atoms with Crippen molar-refractivity contribution in [2.75, 3.05) is 12.5 Å². The molecule has 0 atom stereocenters. The maximum absolute atomic E-state index is 10.6. The molecular weight excluding hydrogens is 180 g/mol. The normalized spacial score (nSPS) is 15.5. The maximum Gasteiger partial charge on any atom is 0.178 e. The van der Waals surface area contributed by atoms with Gasteiger partial charge in [0.25, 0.3) is 0 Å². The minimum atomic E-state index is 0. The highest BCUT2D eigenvalue weighted by Crippen LogP contribution is 2.08. The van der Waals surface area contributed by atoms with Gasteiger partial charge in [0.05, 0.1) is 0 Å². The molecular formula is C8H11ClOS. The second kappa shape index (κ2) is 4.52. The first kappa shape index (κ1) is 10.7. The lowest BCUT2D eigenvalue weighted by molar-refractivity contribution is -0.110. The molecule has 0 aromatic rings. The summed E-state index contributed by atoms with van der Waals surface area (Å²) in [6, 6.07) is 0. The number of carbonyl (C=O) groups excluding carboxylic acids is 1. The molecule has 62 valence electrons. The first-order chi connectivity index (χ1) is 4.70. The van der Waals surface area contributed by atoms with E-state index in [9.17, 15) is 4.79 Å². The van der Waals surface area contributed by atoms with Gasteiger partial charge in [-0.2, -0.15) is 10.5 Å². The minimum absolute atomic E-state index is 0. The largest absolute Gasteiger partial charge is 0.290 e. The van der Waals surface area contributed by atoms with Gasteiger partial charge in [0, 0.05) is 0 Å². The highest BCUT2D eigenvalue weighted by atomic mass is 35.5. The van der Waals surface area contributed by atoms with Crippen LogP contribution in [0.25, 0.3) is 0 Å². The Labute approximate surface area is 75.5 Å². The summed E-state index contributed by atoms with van der Waals surface area (Å²) in [5, 5.41) is 0. The molecule has 0 aromatic carbocycles. The molecule has 1 aliphatic rings. The van der Waals surface area contributed by atoms with Crippen molar-refractivity contribution in [3.8, 4) is 0 Å². The fourth-order valence-electron chi connectivity index (χ4n) is 0.712. The van der Waals surface area contributed by atoms with Crippen molar-refractivity contribution in [3.63, 3.8) is 0 Å². The van der Waals surface area contributed by atoms with Gasteiger partial charge in [-0.15, -0.1) is 12.4 Å². The van der Waals surface area contributed by atoms with Crippen molar-refractivity contribution in [2.45, 2.75) is 0 Å². The lowest BCUT2D eigenvalue weighted by Crippen LogP contribution is -1.98. The molecule has 0 unspecified atom stereocenters. The number of hydrogen-bond acceptors (Lipinski definition) is 1. The molecule has 0 saturated carbocycles. The highest BCUT2D eigenvalue weighted by Gasteiger charge is 1.97. The van der Waals surface area contributed by atoms with E-state index >= 15 is 0 Å². The summed E-state index contributed by atoms with van der Waals surface area (Å²) in [5.74, 6) is 0.0919. The van der Waals surface area contributed by atoms with E-state index < -0.39 is 0 Å². The summed E-state index contributed by atoms with van der Waals surface area (Å²) in [4.78, 5) is 11.9. The van der Waals surface area contributed by atoms with Crippen LogP contribution in [0.3, 0.4) is 0 Å². The molecule has 0 aromatic heterocycles. The molecule has 0 amide bonds. The van der Waals surface area contributed by atoms with Crippen LogP contribution in [0.2, 0.25) is 0 Å². The Kier molecular flexibility index (Phi) is 4.38. The molecule has 0 heterocycles. The third-order valence-electron chi connectivity index (χ3n) is 1.30. The lowest BCUT2D eigenvalue weighted by atomic mass is 10.2. The Bertz CT molecular complexity index is 229. The van der Waals surface area contributed by atoms with E-state index in [-0.39, 0.29) is 28.7 Å². The molecule has 0 bridgehead atoms. The quantitative estimate of drug-likeness (QED) is 0.533. The molecule has 0 spiro atoms. The molecule has 3 heteroatoms. The van der Waals surface area contributed by atoms with Gasteiger partial charge in [-0.3, -0.25) is 4.79 Å². The average Bonchev–Trinajstić information content (AvgIpc) is 1.88. The SMILES string of the molecule is CS(C)=C1C=CC(=O)C=C1.Cl. The van der Waals surface area contributed by atoms with E-state index in [1.807, 2.05) is 12.2 Å². The third-order valence-corrected chi connectivity index (χ3v) is 2.51. The summed E-state index contributed by atoms with van der Waals surface area (Å²) in [5.41, 5.74) is 0. The zero-order valence-corrected chi connectivity index (χ0v) is 8.17. The van der Waals surface area contributed by atoms with Gasteiger partial charge >= 0.3 is 0 Å². The van der Waals surface area contributed by atoms with Gasteiger partial charge in [0.15, 0.2) is 5.78 Å². The predicted octanol–water partition coefficient (Wildman–Crippen LogP) is 1.80. The summed E-state index contributed by atoms with van der Waals surface area (Å²) in [6.07, 6.45) is 11.3. The Morgan fingerprint density at radius 2 is 1.55 bits per heavy atom. The zero-order valence-electron chi connectivity index (χ0n) is 6.53. The molecule has 0 fully saturated rings. The highest BCUT2D eigenvalue weighted by molar-refractivity contribution is 8.15. The summed E-state index contributed by atoms with van der Waals surface area (Å²) in [7, 11) is 0.274. The van der Waals surface area contributed by atoms with Crippen LogP contribution in [-0.2, 0) is 4.79 Å². The minimum Gasteiger partial charge on any atom is -0.290 e. The van der Waals surface area contributed by atoms with Crippen molar-refractivity contribution in [1.29, 1.82) is 0 Å². The van der Waals surface area contributed by atoms with Crippen LogP contribution in [0.1, 0.15) is 0 Å². The van der Waals surface area contributed by atoms with Crippen LogP contribution in [0.4, 0.5) is 0 Å². The smallest absolute Gasteiger partial charge is 0.178 e. The lowest BCUT2D eigenvalue weighted by Gasteiger charge is -2.01. The number of halogens is 1. The van der Waals surface area contributed by atoms with Crippen molar-refractivity contribution in [2.24, 2.45) is 0 Å². The number of allylic oxidation sites excluding steroid dienone is 4. The molecule has 1 nitrogen and oxygen atoms in total. The van der Waals surface area contributed by atoms with Crippen LogP contribution in [0, 0.1) is 0 Å². The number of hydrogen-bond donors (Lipinski definition) is 0. The second-order valence-corrected chi connectivity index (χ2v) is 4.39. The molecule has 0 saturated heterocycles. The third kappa shape index (κ3) is 3.04. The molecule has 11 heavy (non-hydrogen) atoms. The molecule has 0 aliphatic heterocycles. The van der Waals surface area contributed by atoms with Gasteiger partial charge in [-0.05, 0) is 41.7 Å². The van der Waals surface area contributed by atoms with E-state index in [0.717, 1.165) is 0 Å². The van der Waals surface area contributed by atoms with Crippen molar-refractivity contribution in [3.05, 3.63) is 24.3 Å². The van der Waals surface area contributed by atoms with Crippen LogP contribution in [0.5, 0.6) is 0 Å². The summed E-state index contributed by atoms with van der Waals surface area (Å²) in [6.45, 7) is 0. The summed E-state index contributed by atoms with van der Waals surface area (Å²) < 4.78 is 0. The Morgan fingerprint density at radius 1 is 1.09 bits per heavy atom. The van der Waals surface area contributed by atoms with Crippen LogP contribution < -0.4 is 0 Å². The zero-order chi connectivity index (χ0) is 7.56. The van der Waals surface area contributed by atoms with Gasteiger partial charge in [-0.1, -0.05) is 0 Å². The van der Waals surface area contributed by atoms with Crippen LogP contribution in [0.15, 0.2) is 24.3 Å². The number of carbonyl (C=O) groups is 1. The average molecular weight is 191 g/mol. The van der Waals surface area contributed by atoms with Gasteiger partial charge < -0.3 is 0 Å². The van der Waals surface area contributed by atoms with Crippen LogP contribution >= 0.6 is 22.9 Å². The van der Waals surface area contributed by atoms with Gasteiger partial charge in [-0.25, -0.2) is 0 Å². The second-order valence-electron chi connectivity index (χ2n) is 2.29. The van der Waals surface area contributed by atoms with Crippen molar-refractivity contribution in [1.82, 2.24) is 0 Å². The first-order valence-electron chi connectivity index (χ1n) is 3.05. The molecule has 1 aliphatic carbocycles. The number of ketones is 1. The Morgan fingerprint density at radius 3 is 1.91 bits per heavy atom. The van der Waals surface area contributed by atoms with E-state index in [1.165, 1.54) is 4.86 Å². The molecule has 1 rings (SSSR count). The van der Waals surface area contributed by atoms with E-state index in [4.69, 9.17) is 0 Å². The fourth-order valence-corrected chi connectivity index (χ4v) is 1.39. The monoisotopic (exact) mass is 190 g/mol. The number of rotatable bonds is 0. The topological polar surface area (TPSA) is 17.1 Å². The molecule has 0 N–H and O–H groups in total.